The van der Waals surface area contributed by atoms with Crippen molar-refractivity contribution in [2.45, 2.75) is 4.90 Å². The van der Waals surface area contributed by atoms with E-state index in [-0.39, 0.29) is 4.90 Å². The van der Waals surface area contributed by atoms with E-state index < -0.39 is 10.0 Å². The van der Waals surface area contributed by atoms with E-state index in [0.717, 1.165) is 3.57 Å². The van der Waals surface area contributed by atoms with Crippen LogP contribution in [0.5, 0.6) is 0 Å². The van der Waals surface area contributed by atoms with Crippen LogP contribution >= 0.6 is 34.2 Å². The summed E-state index contributed by atoms with van der Waals surface area (Å²) in [4.78, 5) is 0.208. The van der Waals surface area contributed by atoms with Crippen LogP contribution in [0.15, 0.2) is 53.4 Å². The number of anilines is 1. The molecule has 0 bridgehead atoms. The lowest BCUT2D eigenvalue weighted by molar-refractivity contribution is 0.601. The minimum Gasteiger partial charge on any atom is -0.278 e. The van der Waals surface area contributed by atoms with Gasteiger partial charge < -0.3 is 0 Å². The second-order valence-electron chi connectivity index (χ2n) is 3.54. The van der Waals surface area contributed by atoms with E-state index in [2.05, 4.69) is 27.3 Å². The van der Waals surface area contributed by atoms with Gasteiger partial charge in [0.05, 0.1) is 15.6 Å². The summed E-state index contributed by atoms with van der Waals surface area (Å²) in [7, 11) is -3.59. The van der Waals surface area contributed by atoms with Crippen molar-refractivity contribution < 1.29 is 8.42 Å². The molecule has 2 aromatic carbocycles. The highest BCUT2D eigenvalue weighted by atomic mass is 127. The molecule has 0 saturated carbocycles. The summed E-state index contributed by atoms with van der Waals surface area (Å²) < 4.78 is 27.5. The molecule has 0 aromatic heterocycles. The number of halogens is 2. The van der Waals surface area contributed by atoms with Crippen LogP contribution in [0.3, 0.4) is 0 Å². The summed E-state index contributed by atoms with van der Waals surface area (Å²) in [6, 6.07) is 13.3. The predicted molar refractivity (Wildman–Crippen MR) is 81.4 cm³/mol. The first-order chi connectivity index (χ1) is 8.49. The molecular weight excluding hydrogens is 385 g/mol. The summed E-state index contributed by atoms with van der Waals surface area (Å²) in [6.45, 7) is 0. The van der Waals surface area contributed by atoms with Crippen LogP contribution in [0.2, 0.25) is 5.02 Å². The van der Waals surface area contributed by atoms with Gasteiger partial charge in [0, 0.05) is 3.57 Å². The van der Waals surface area contributed by atoms with Crippen LogP contribution in [0.4, 0.5) is 5.69 Å². The molecule has 18 heavy (non-hydrogen) atoms. The van der Waals surface area contributed by atoms with Gasteiger partial charge in [-0.15, -0.1) is 0 Å². The standard InChI is InChI=1S/C12H9ClINO2S/c13-11-8-9(14)6-7-12(11)15-18(16,17)10-4-2-1-3-5-10/h1-8,15H. The fraction of sp³-hybridized carbons (Fsp3) is 0. The maximum absolute atomic E-state index is 12.1. The Kier molecular flexibility index (Phi) is 4.14. The fourth-order valence-electron chi connectivity index (χ4n) is 1.38. The lowest BCUT2D eigenvalue weighted by Gasteiger charge is -2.09. The largest absolute Gasteiger partial charge is 0.278 e. The molecule has 2 aromatic rings. The van der Waals surface area contributed by atoms with Crippen LogP contribution in [0, 0.1) is 3.57 Å². The summed E-state index contributed by atoms with van der Waals surface area (Å²) in [5, 5.41) is 0.376. The molecule has 3 nitrogen and oxygen atoms in total. The Morgan fingerprint density at radius 1 is 1.06 bits per heavy atom. The lowest BCUT2D eigenvalue weighted by Crippen LogP contribution is -2.13. The van der Waals surface area contributed by atoms with E-state index in [0.29, 0.717) is 10.7 Å². The summed E-state index contributed by atoms with van der Waals surface area (Å²) in [6.07, 6.45) is 0. The topological polar surface area (TPSA) is 46.2 Å². The third-order valence-corrected chi connectivity index (χ3v) is 4.59. The van der Waals surface area contributed by atoms with Crippen molar-refractivity contribution in [3.05, 3.63) is 57.1 Å². The molecule has 0 amide bonds. The molecule has 0 aliphatic rings. The monoisotopic (exact) mass is 393 g/mol. The van der Waals surface area contributed by atoms with E-state index in [1.165, 1.54) is 12.1 Å². The SMILES string of the molecule is O=S(=O)(Nc1ccc(I)cc1Cl)c1ccccc1. The molecule has 1 N–H and O–H groups in total. The summed E-state index contributed by atoms with van der Waals surface area (Å²) in [5.74, 6) is 0. The van der Waals surface area contributed by atoms with Crippen molar-refractivity contribution in [1.29, 1.82) is 0 Å². The molecule has 0 radical (unpaired) electrons. The lowest BCUT2D eigenvalue weighted by atomic mass is 10.3. The molecule has 94 valence electrons. The van der Waals surface area contributed by atoms with Gasteiger partial charge in [-0.2, -0.15) is 0 Å². The van der Waals surface area contributed by atoms with Crippen LogP contribution in [0.25, 0.3) is 0 Å². The molecule has 2 rings (SSSR count). The number of sulfonamides is 1. The van der Waals surface area contributed by atoms with E-state index in [4.69, 9.17) is 11.6 Å². The molecule has 0 heterocycles. The van der Waals surface area contributed by atoms with Crippen molar-refractivity contribution in [2.75, 3.05) is 4.72 Å². The molecule has 0 fully saturated rings. The van der Waals surface area contributed by atoms with Gasteiger partial charge in [0.25, 0.3) is 10.0 Å². The average molecular weight is 394 g/mol. The second kappa shape index (κ2) is 5.46. The normalized spacial score (nSPS) is 11.2. The first kappa shape index (κ1) is 13.6. The Labute approximate surface area is 124 Å². The molecular formula is C12H9ClINO2S. The van der Waals surface area contributed by atoms with Crippen LogP contribution in [-0.4, -0.2) is 8.42 Å². The van der Waals surface area contributed by atoms with E-state index in [1.54, 1.807) is 36.4 Å². The highest BCUT2D eigenvalue weighted by Crippen LogP contribution is 2.26. The Bertz CT molecular complexity index is 659. The van der Waals surface area contributed by atoms with Gasteiger partial charge in [-0.25, -0.2) is 8.42 Å². The van der Waals surface area contributed by atoms with Gasteiger partial charge >= 0.3 is 0 Å². The number of hydrogen-bond acceptors (Lipinski definition) is 2. The first-order valence-electron chi connectivity index (χ1n) is 5.02. The number of benzene rings is 2. The second-order valence-corrected chi connectivity index (χ2v) is 6.88. The van der Waals surface area contributed by atoms with Gasteiger partial charge in [0.1, 0.15) is 0 Å². The molecule has 0 saturated heterocycles. The molecule has 0 aliphatic heterocycles. The van der Waals surface area contributed by atoms with E-state index in [1.807, 2.05) is 0 Å². The summed E-state index contributed by atoms with van der Waals surface area (Å²) in [5.41, 5.74) is 0.376. The molecule has 0 spiro atoms. The minimum absolute atomic E-state index is 0.208. The first-order valence-corrected chi connectivity index (χ1v) is 7.96. The number of nitrogens with one attached hydrogen (secondary N) is 1. The Balaban J connectivity index is 2.34. The van der Waals surface area contributed by atoms with Gasteiger partial charge in [-0.05, 0) is 52.9 Å². The number of rotatable bonds is 3. The Morgan fingerprint density at radius 3 is 2.33 bits per heavy atom. The maximum atomic E-state index is 12.1. The van der Waals surface area contributed by atoms with Gasteiger partial charge in [0.2, 0.25) is 0 Å². The fourth-order valence-corrected chi connectivity index (χ4v) is 3.44. The van der Waals surface area contributed by atoms with Crippen LogP contribution in [0.1, 0.15) is 0 Å². The molecule has 0 atom stereocenters. The third kappa shape index (κ3) is 3.15. The zero-order valence-corrected chi connectivity index (χ0v) is 12.8. The maximum Gasteiger partial charge on any atom is 0.261 e. The quantitative estimate of drug-likeness (QED) is 0.808. The highest BCUT2D eigenvalue weighted by Gasteiger charge is 2.14. The smallest absolute Gasteiger partial charge is 0.261 e. The highest BCUT2D eigenvalue weighted by molar-refractivity contribution is 14.1. The van der Waals surface area contributed by atoms with Crippen molar-refractivity contribution >= 4 is 49.9 Å². The van der Waals surface area contributed by atoms with E-state index in [9.17, 15) is 8.42 Å². The minimum atomic E-state index is -3.59. The van der Waals surface area contributed by atoms with Crippen molar-refractivity contribution in [3.8, 4) is 0 Å². The van der Waals surface area contributed by atoms with E-state index >= 15 is 0 Å². The average Bonchev–Trinajstić information content (AvgIpc) is 2.34. The molecule has 0 unspecified atom stereocenters. The summed E-state index contributed by atoms with van der Waals surface area (Å²) >= 11 is 8.10. The van der Waals surface area contributed by atoms with Crippen LogP contribution in [-0.2, 0) is 10.0 Å². The van der Waals surface area contributed by atoms with Crippen LogP contribution < -0.4 is 4.72 Å². The van der Waals surface area contributed by atoms with Crippen molar-refractivity contribution in [1.82, 2.24) is 0 Å². The van der Waals surface area contributed by atoms with Gasteiger partial charge in [0.15, 0.2) is 0 Å². The zero-order valence-electron chi connectivity index (χ0n) is 9.10. The van der Waals surface area contributed by atoms with Crippen molar-refractivity contribution in [3.63, 3.8) is 0 Å². The predicted octanol–water partition coefficient (Wildman–Crippen LogP) is 3.75. The Hall–Kier alpha value is -0.790. The molecule has 6 heteroatoms. The Morgan fingerprint density at radius 2 is 1.72 bits per heavy atom. The van der Waals surface area contributed by atoms with Crippen molar-refractivity contribution in [2.24, 2.45) is 0 Å². The number of hydrogen-bond donors (Lipinski definition) is 1. The molecule has 0 aliphatic carbocycles. The third-order valence-electron chi connectivity index (χ3n) is 2.23. The van der Waals surface area contributed by atoms with Gasteiger partial charge in [-0.3, -0.25) is 4.72 Å². The van der Waals surface area contributed by atoms with Gasteiger partial charge in [-0.1, -0.05) is 29.8 Å². The zero-order chi connectivity index (χ0) is 13.2.